The third kappa shape index (κ3) is 2.83. The summed E-state index contributed by atoms with van der Waals surface area (Å²) in [6.45, 7) is 2.60. The van der Waals surface area contributed by atoms with E-state index in [-0.39, 0.29) is 11.8 Å². The lowest BCUT2D eigenvalue weighted by atomic mass is 9.84. The smallest absolute Gasteiger partial charge is 0.244 e. The molecule has 5 rings (SSSR count). The van der Waals surface area contributed by atoms with E-state index in [2.05, 4.69) is 39.2 Å². The van der Waals surface area contributed by atoms with E-state index in [1.165, 1.54) is 0 Å². The van der Waals surface area contributed by atoms with Crippen LogP contribution < -0.4 is 10.5 Å². The molecule has 4 aromatic rings. The van der Waals surface area contributed by atoms with Gasteiger partial charge in [0.1, 0.15) is 11.6 Å². The van der Waals surface area contributed by atoms with Crippen molar-refractivity contribution in [2.24, 2.45) is 5.73 Å². The Morgan fingerprint density at radius 2 is 2.00 bits per heavy atom. The van der Waals surface area contributed by atoms with Crippen LogP contribution in [-0.2, 0) is 6.54 Å². The van der Waals surface area contributed by atoms with E-state index in [0.29, 0.717) is 23.0 Å². The van der Waals surface area contributed by atoms with Crippen LogP contribution in [0.25, 0.3) is 10.9 Å². The van der Waals surface area contributed by atoms with E-state index in [4.69, 9.17) is 22.1 Å². The minimum Gasteiger partial charge on any atom is -0.420 e. The Hall–Kier alpha value is -3.69. The van der Waals surface area contributed by atoms with Crippen LogP contribution in [0, 0.1) is 18.3 Å². The first-order valence-electron chi connectivity index (χ1n) is 9.51. The van der Waals surface area contributed by atoms with Gasteiger partial charge in [-0.25, -0.2) is 0 Å². The number of hydrogen-bond donors (Lipinski definition) is 2. The summed E-state index contributed by atoms with van der Waals surface area (Å²) in [5.74, 6) is 0.161. The van der Waals surface area contributed by atoms with Crippen LogP contribution in [-0.4, -0.2) is 14.8 Å². The maximum atomic E-state index is 9.87. The van der Waals surface area contributed by atoms with Crippen molar-refractivity contribution in [2.75, 3.05) is 0 Å². The number of rotatable bonds is 3. The number of allylic oxidation sites excluding steroid dienone is 1. The Bertz CT molecular complexity index is 1340. The summed E-state index contributed by atoms with van der Waals surface area (Å²) in [6.07, 6.45) is 2.09. The normalized spacial score (nSPS) is 15.7. The largest absolute Gasteiger partial charge is 0.420 e. The van der Waals surface area contributed by atoms with Gasteiger partial charge < -0.3 is 15.0 Å². The fraction of sp³-hybridized carbons (Fsp3) is 0.130. The summed E-state index contributed by atoms with van der Waals surface area (Å²) in [6, 6.07) is 18.2. The molecule has 30 heavy (non-hydrogen) atoms. The van der Waals surface area contributed by atoms with Crippen LogP contribution in [0.2, 0.25) is 5.02 Å². The van der Waals surface area contributed by atoms with Crippen molar-refractivity contribution in [3.05, 3.63) is 93.6 Å². The minimum atomic E-state index is -0.353. The van der Waals surface area contributed by atoms with Crippen LogP contribution in [0.1, 0.15) is 28.3 Å². The average Bonchev–Trinajstić information content (AvgIpc) is 3.29. The Labute approximate surface area is 178 Å². The molecule has 2 aromatic carbocycles. The molecule has 6 nitrogen and oxygen atoms in total. The van der Waals surface area contributed by atoms with Gasteiger partial charge in [-0.2, -0.15) is 5.26 Å². The molecule has 0 radical (unpaired) electrons. The summed E-state index contributed by atoms with van der Waals surface area (Å²) in [4.78, 5) is 0. The molecule has 0 saturated carbocycles. The number of aromatic nitrogens is 3. The van der Waals surface area contributed by atoms with Gasteiger partial charge in [0.2, 0.25) is 11.8 Å². The second-order valence-corrected chi connectivity index (χ2v) is 7.78. The fourth-order valence-electron chi connectivity index (χ4n) is 4.13. The number of ether oxygens (including phenoxy) is 1. The number of fused-ring (bicyclic) bond motifs is 2. The highest BCUT2D eigenvalue weighted by Gasteiger charge is 2.35. The number of halogens is 1. The molecular formula is C23H18ClN5O. The number of para-hydroxylation sites is 1. The SMILES string of the molecule is Cc1[nH]nc2c1[C@H](c1cn(Cc3ccc(Cl)cc3)c3ccccc13)C(C#N)=C(N)O2. The molecule has 0 fully saturated rings. The lowest BCUT2D eigenvalue weighted by Crippen LogP contribution is -2.21. The van der Waals surface area contributed by atoms with Crippen LogP contribution in [0.4, 0.5) is 0 Å². The quantitative estimate of drug-likeness (QED) is 0.511. The highest BCUT2D eigenvalue weighted by Crippen LogP contribution is 2.45. The van der Waals surface area contributed by atoms with E-state index in [0.717, 1.165) is 33.3 Å². The zero-order chi connectivity index (χ0) is 20.8. The predicted octanol–water partition coefficient (Wildman–Crippen LogP) is 4.59. The number of nitriles is 1. The zero-order valence-corrected chi connectivity index (χ0v) is 16.9. The molecule has 0 amide bonds. The summed E-state index contributed by atoms with van der Waals surface area (Å²) in [7, 11) is 0. The predicted molar refractivity (Wildman–Crippen MR) is 115 cm³/mol. The first kappa shape index (κ1) is 18.3. The molecule has 3 heterocycles. The van der Waals surface area contributed by atoms with Crippen LogP contribution >= 0.6 is 11.6 Å². The maximum Gasteiger partial charge on any atom is 0.244 e. The standard InChI is InChI=1S/C23H18ClN5O/c1-13-20-21(17(10-25)22(26)30-23(20)28-27-13)18-12-29(19-5-3-2-4-16(18)19)11-14-6-8-15(24)9-7-14/h2-9,12,21H,11,26H2,1H3,(H,27,28)/t21-/m0/s1. The van der Waals surface area contributed by atoms with Crippen molar-refractivity contribution >= 4 is 22.5 Å². The number of aryl methyl sites for hydroxylation is 1. The second-order valence-electron chi connectivity index (χ2n) is 7.35. The number of hydrogen-bond acceptors (Lipinski definition) is 4. The van der Waals surface area contributed by atoms with Gasteiger partial charge in [0.05, 0.1) is 5.92 Å². The van der Waals surface area contributed by atoms with Gasteiger partial charge >= 0.3 is 0 Å². The lowest BCUT2D eigenvalue weighted by Gasteiger charge is -2.23. The zero-order valence-electron chi connectivity index (χ0n) is 16.2. The summed E-state index contributed by atoms with van der Waals surface area (Å²) >= 11 is 6.04. The molecule has 1 aliphatic heterocycles. The summed E-state index contributed by atoms with van der Waals surface area (Å²) < 4.78 is 7.79. The van der Waals surface area contributed by atoms with Gasteiger partial charge in [-0.1, -0.05) is 41.9 Å². The van der Waals surface area contributed by atoms with E-state index in [9.17, 15) is 5.26 Å². The molecule has 7 heteroatoms. The third-order valence-corrected chi connectivity index (χ3v) is 5.78. The average molecular weight is 416 g/mol. The molecule has 0 spiro atoms. The highest BCUT2D eigenvalue weighted by atomic mass is 35.5. The molecule has 148 valence electrons. The monoisotopic (exact) mass is 415 g/mol. The minimum absolute atomic E-state index is 0.0935. The van der Waals surface area contributed by atoms with Crippen LogP contribution in [0.5, 0.6) is 5.88 Å². The molecule has 1 aliphatic rings. The Kier molecular flexibility index (Phi) is 4.27. The fourth-order valence-corrected chi connectivity index (χ4v) is 4.26. The molecular weight excluding hydrogens is 398 g/mol. The Morgan fingerprint density at radius 3 is 2.77 bits per heavy atom. The molecule has 3 N–H and O–H groups in total. The Balaban J connectivity index is 1.71. The topological polar surface area (TPSA) is 92.7 Å². The highest BCUT2D eigenvalue weighted by molar-refractivity contribution is 6.30. The maximum absolute atomic E-state index is 9.87. The first-order chi connectivity index (χ1) is 14.6. The van der Waals surface area contributed by atoms with Gasteiger partial charge in [0.15, 0.2) is 0 Å². The number of benzene rings is 2. The second kappa shape index (κ2) is 6.97. The number of nitrogens with two attached hydrogens (primary N) is 1. The first-order valence-corrected chi connectivity index (χ1v) is 9.89. The van der Waals surface area contributed by atoms with Crippen LogP contribution in [0.3, 0.4) is 0 Å². The molecule has 0 saturated heterocycles. The van der Waals surface area contributed by atoms with Crippen LogP contribution in [0.15, 0.2) is 66.2 Å². The molecule has 0 aliphatic carbocycles. The lowest BCUT2D eigenvalue weighted by molar-refractivity contribution is 0.379. The summed E-state index contributed by atoms with van der Waals surface area (Å²) in [5.41, 5.74) is 11.4. The van der Waals surface area contributed by atoms with Gasteiger partial charge in [0, 0.05) is 39.9 Å². The van der Waals surface area contributed by atoms with E-state index < -0.39 is 0 Å². The summed E-state index contributed by atoms with van der Waals surface area (Å²) in [5, 5.41) is 18.8. The third-order valence-electron chi connectivity index (χ3n) is 5.53. The van der Waals surface area contributed by atoms with Crippen molar-refractivity contribution < 1.29 is 4.74 Å². The van der Waals surface area contributed by atoms with Gasteiger partial charge in [-0.15, -0.1) is 5.10 Å². The van der Waals surface area contributed by atoms with Gasteiger partial charge in [-0.3, -0.25) is 5.10 Å². The van der Waals surface area contributed by atoms with E-state index in [1.807, 2.05) is 43.3 Å². The Morgan fingerprint density at radius 1 is 1.23 bits per heavy atom. The van der Waals surface area contributed by atoms with Crippen molar-refractivity contribution in [1.82, 2.24) is 14.8 Å². The number of aromatic amines is 1. The van der Waals surface area contributed by atoms with Gasteiger partial charge in [0.25, 0.3) is 0 Å². The number of nitrogens with zero attached hydrogens (tertiary/aromatic N) is 3. The number of H-pyrrole nitrogens is 1. The van der Waals surface area contributed by atoms with E-state index in [1.54, 1.807) is 0 Å². The van der Waals surface area contributed by atoms with Crippen molar-refractivity contribution in [2.45, 2.75) is 19.4 Å². The van der Waals surface area contributed by atoms with E-state index >= 15 is 0 Å². The van der Waals surface area contributed by atoms with Crippen molar-refractivity contribution in [3.8, 4) is 11.9 Å². The van der Waals surface area contributed by atoms with Crippen molar-refractivity contribution in [1.29, 1.82) is 5.26 Å². The molecule has 2 aromatic heterocycles. The van der Waals surface area contributed by atoms with Gasteiger partial charge in [-0.05, 0) is 36.2 Å². The molecule has 0 unspecified atom stereocenters. The molecule has 0 bridgehead atoms. The number of nitrogens with one attached hydrogen (secondary N) is 1. The molecule has 1 atom stereocenters. The van der Waals surface area contributed by atoms with Crippen molar-refractivity contribution in [3.63, 3.8) is 0 Å².